The van der Waals surface area contributed by atoms with E-state index in [2.05, 4.69) is 18.1 Å². The van der Waals surface area contributed by atoms with Gasteiger partial charge in [-0.15, -0.1) is 0 Å². The number of halogens is 2. The van der Waals surface area contributed by atoms with Crippen molar-refractivity contribution in [3.8, 4) is 11.3 Å². The predicted octanol–water partition coefficient (Wildman–Crippen LogP) is 5.06. The minimum atomic E-state index is -1.09. The summed E-state index contributed by atoms with van der Waals surface area (Å²) < 4.78 is 48.7. The van der Waals surface area contributed by atoms with E-state index in [0.29, 0.717) is 17.0 Å². The fraction of sp³-hybridized carbons (Fsp3) is 0.333. The predicted molar refractivity (Wildman–Crippen MR) is 158 cm³/mol. The lowest BCUT2D eigenvalue weighted by molar-refractivity contribution is -0.150. The Hall–Kier alpha value is -5.00. The van der Waals surface area contributed by atoms with Gasteiger partial charge in [-0.3, -0.25) is 9.59 Å². The first-order valence-electron chi connectivity index (χ1n) is 14.2. The van der Waals surface area contributed by atoms with Crippen LogP contribution >= 0.6 is 0 Å². The van der Waals surface area contributed by atoms with Crippen LogP contribution in [-0.2, 0) is 43.5 Å². The summed E-state index contributed by atoms with van der Waals surface area (Å²) in [7, 11) is 0. The van der Waals surface area contributed by atoms with Gasteiger partial charge in [0.1, 0.15) is 26.4 Å². The largest absolute Gasteiger partial charge is 0.462 e. The van der Waals surface area contributed by atoms with Crippen molar-refractivity contribution in [1.82, 2.24) is 9.97 Å². The van der Waals surface area contributed by atoms with Crippen LogP contribution in [0.15, 0.2) is 60.7 Å². The van der Waals surface area contributed by atoms with Gasteiger partial charge in [0, 0.05) is 47.1 Å². The molecule has 0 saturated heterocycles. The molecule has 0 radical (unpaired) electrons. The number of aromatic nitrogens is 2. The second kappa shape index (κ2) is 14.2. The molecule has 1 aliphatic carbocycles. The highest BCUT2D eigenvalue weighted by atomic mass is 19.2. The molecule has 0 fully saturated rings. The summed E-state index contributed by atoms with van der Waals surface area (Å²) >= 11 is 0. The molecule has 1 aromatic heterocycles. The molecule has 10 nitrogen and oxygen atoms in total. The Balaban J connectivity index is 1.59. The van der Waals surface area contributed by atoms with Gasteiger partial charge in [0.25, 0.3) is 0 Å². The lowest BCUT2D eigenvalue weighted by atomic mass is 9.73. The third-order valence-electron chi connectivity index (χ3n) is 7.23. The van der Waals surface area contributed by atoms with Crippen LogP contribution < -0.4 is 0 Å². The van der Waals surface area contributed by atoms with Gasteiger partial charge in [0.05, 0.1) is 22.4 Å². The Morgan fingerprint density at radius 3 is 1.71 bits per heavy atom. The molecule has 1 aliphatic rings. The van der Waals surface area contributed by atoms with E-state index in [0.717, 1.165) is 17.7 Å². The first-order valence-corrected chi connectivity index (χ1v) is 14.2. The van der Waals surface area contributed by atoms with Crippen LogP contribution in [-0.4, -0.2) is 60.3 Å². The summed E-state index contributed by atoms with van der Waals surface area (Å²) in [6.45, 7) is 9.33. The van der Waals surface area contributed by atoms with Gasteiger partial charge in [0.15, 0.2) is 11.6 Å². The number of hydrogen-bond acceptors (Lipinski definition) is 10. The zero-order chi connectivity index (χ0) is 32.7. The van der Waals surface area contributed by atoms with E-state index in [9.17, 15) is 28.0 Å². The van der Waals surface area contributed by atoms with E-state index in [1.165, 1.54) is 13.8 Å². The fourth-order valence-corrected chi connectivity index (χ4v) is 5.04. The van der Waals surface area contributed by atoms with Crippen molar-refractivity contribution in [1.29, 1.82) is 0 Å². The van der Waals surface area contributed by atoms with E-state index in [4.69, 9.17) is 23.9 Å². The number of fused-ring (bicyclic) bond motifs is 4. The average Bonchev–Trinajstić information content (AvgIpc) is 3.27. The third-order valence-corrected chi connectivity index (χ3v) is 7.23. The van der Waals surface area contributed by atoms with Crippen LogP contribution in [0.4, 0.5) is 8.78 Å². The molecule has 0 bridgehead atoms. The Morgan fingerprint density at radius 2 is 1.20 bits per heavy atom. The molecular weight excluding hydrogens is 590 g/mol. The van der Waals surface area contributed by atoms with E-state index in [-0.39, 0.29) is 74.3 Å². The zero-order valence-corrected chi connectivity index (χ0v) is 25.0. The van der Waals surface area contributed by atoms with E-state index >= 15 is 0 Å². The molecule has 3 aromatic rings. The number of hydrogen-bond donors (Lipinski definition) is 0. The van der Waals surface area contributed by atoms with E-state index in [1.807, 2.05) is 6.07 Å². The minimum Gasteiger partial charge on any atom is -0.462 e. The van der Waals surface area contributed by atoms with Crippen molar-refractivity contribution >= 4 is 34.9 Å². The zero-order valence-electron chi connectivity index (χ0n) is 25.0. The topological polar surface area (TPSA) is 131 Å². The maximum absolute atomic E-state index is 14.2. The number of nitrogens with zero attached hydrogens (tertiary/aromatic N) is 2. The van der Waals surface area contributed by atoms with Gasteiger partial charge >= 0.3 is 23.9 Å². The Kier molecular flexibility index (Phi) is 10.4. The first kappa shape index (κ1) is 32.9. The molecule has 4 rings (SSSR count). The number of ether oxygens (including phenoxy) is 4. The molecule has 0 amide bonds. The van der Waals surface area contributed by atoms with Crippen LogP contribution in [0.3, 0.4) is 0 Å². The smallest absolute Gasteiger partial charge is 0.333 e. The summed E-state index contributed by atoms with van der Waals surface area (Å²) in [5.41, 5.74) is 1.83. The quantitative estimate of drug-likeness (QED) is 0.104. The number of benzene rings is 2. The minimum absolute atomic E-state index is 0.105. The van der Waals surface area contributed by atoms with Crippen molar-refractivity contribution in [2.45, 2.75) is 44.9 Å². The number of carbonyl (C=O) groups excluding carboxylic acids is 4. The van der Waals surface area contributed by atoms with Crippen LogP contribution in [0, 0.1) is 11.6 Å². The van der Waals surface area contributed by atoms with Gasteiger partial charge in [-0.05, 0) is 32.3 Å². The van der Waals surface area contributed by atoms with E-state index < -0.39 is 40.9 Å². The SMILES string of the molecule is C=C(C)C(=O)OCCOC(=O)CCC1(CCC(=O)OCCOC(=O)C(=C)C)c2ccccc2-c2nc3cc(F)c(F)cc3nc21. The van der Waals surface area contributed by atoms with Crippen molar-refractivity contribution < 1.29 is 46.9 Å². The number of rotatable bonds is 14. The summed E-state index contributed by atoms with van der Waals surface area (Å²) in [6, 6.07) is 9.13. The monoisotopic (exact) mass is 622 g/mol. The van der Waals surface area contributed by atoms with Gasteiger partial charge in [-0.1, -0.05) is 37.4 Å². The highest BCUT2D eigenvalue weighted by molar-refractivity contribution is 5.87. The Morgan fingerprint density at radius 1 is 0.733 bits per heavy atom. The highest BCUT2D eigenvalue weighted by Crippen LogP contribution is 2.52. The molecule has 0 saturated carbocycles. The summed E-state index contributed by atoms with van der Waals surface area (Å²) in [5, 5.41) is 0. The van der Waals surface area contributed by atoms with Crippen LogP contribution in [0.2, 0.25) is 0 Å². The molecule has 0 N–H and O–H groups in total. The summed E-state index contributed by atoms with van der Waals surface area (Å²) in [6.07, 6.45) is 0.000743. The molecule has 0 atom stereocenters. The number of carbonyl (C=O) groups is 4. The second-order valence-corrected chi connectivity index (χ2v) is 10.6. The first-order chi connectivity index (χ1) is 21.4. The Labute approximate surface area is 258 Å². The van der Waals surface area contributed by atoms with Gasteiger partial charge in [-0.2, -0.15) is 0 Å². The molecular formula is C33H32F2N2O8. The van der Waals surface area contributed by atoms with Crippen molar-refractivity contribution in [3.63, 3.8) is 0 Å². The van der Waals surface area contributed by atoms with Crippen molar-refractivity contribution in [3.05, 3.63) is 83.6 Å². The highest BCUT2D eigenvalue weighted by Gasteiger charge is 2.46. The molecule has 12 heteroatoms. The third kappa shape index (κ3) is 7.57. The van der Waals surface area contributed by atoms with Gasteiger partial charge in [0.2, 0.25) is 0 Å². The molecule has 0 spiro atoms. The lowest BCUT2D eigenvalue weighted by Gasteiger charge is -2.30. The molecule has 0 unspecified atom stereocenters. The molecule has 45 heavy (non-hydrogen) atoms. The normalized spacial score (nSPS) is 12.5. The van der Waals surface area contributed by atoms with Gasteiger partial charge in [-0.25, -0.2) is 28.3 Å². The molecule has 0 aliphatic heterocycles. The molecule has 2 aromatic carbocycles. The number of esters is 4. The molecule has 236 valence electrons. The lowest BCUT2D eigenvalue weighted by Crippen LogP contribution is -2.29. The summed E-state index contributed by atoms with van der Waals surface area (Å²) in [5.74, 6) is -4.54. The maximum Gasteiger partial charge on any atom is 0.333 e. The standard InChI is InChI=1S/C33H32F2N2O8/c1-19(2)31(40)44-15-13-42-27(38)9-11-33(12-10-28(39)43-14-16-45-32(41)20(3)4)22-8-6-5-7-21(22)29-30(33)37-26-18-24(35)23(34)17-25(26)36-29/h5-8,17-18H,1,3,9-16H2,2,4H3. The average molecular weight is 623 g/mol. The van der Waals surface area contributed by atoms with Crippen LogP contribution in [0.25, 0.3) is 22.3 Å². The fourth-order valence-electron chi connectivity index (χ4n) is 5.04. The second-order valence-electron chi connectivity index (χ2n) is 10.6. The maximum atomic E-state index is 14.2. The van der Waals surface area contributed by atoms with Gasteiger partial charge < -0.3 is 18.9 Å². The van der Waals surface area contributed by atoms with Crippen molar-refractivity contribution in [2.24, 2.45) is 0 Å². The summed E-state index contributed by atoms with van der Waals surface area (Å²) in [4.78, 5) is 58.1. The van der Waals surface area contributed by atoms with E-state index in [1.54, 1.807) is 18.2 Å². The Bertz CT molecular complexity index is 1640. The molecule has 1 heterocycles. The van der Waals surface area contributed by atoms with Crippen LogP contribution in [0.5, 0.6) is 0 Å². The van der Waals surface area contributed by atoms with Crippen LogP contribution in [0.1, 0.15) is 50.8 Å². The van der Waals surface area contributed by atoms with Crippen molar-refractivity contribution in [2.75, 3.05) is 26.4 Å².